The standard InChI is InChI=1S/C19H16ClN5OS/c1-11(2)18-23-25-16(21)15(17(26)22-19(25)27-18)10-14-4-3-9-24(14)13-7-5-12(20)6-8-13/h3-11,21H,1-2H3/b15-10-,21-16?. The largest absolute Gasteiger partial charge is 0.317 e. The van der Waals surface area contributed by atoms with Crippen LogP contribution >= 0.6 is 23.4 Å². The molecule has 0 saturated heterocycles. The molecule has 0 unspecified atom stereocenters. The Balaban J connectivity index is 1.72. The first-order valence-electron chi connectivity index (χ1n) is 8.37. The number of hydrazone groups is 1. The van der Waals surface area contributed by atoms with E-state index in [4.69, 9.17) is 17.0 Å². The molecule has 1 N–H and O–H groups in total. The molecule has 0 aliphatic carbocycles. The quantitative estimate of drug-likeness (QED) is 0.779. The van der Waals surface area contributed by atoms with Gasteiger partial charge in [-0.05, 0) is 54.2 Å². The summed E-state index contributed by atoms with van der Waals surface area (Å²) in [6, 6.07) is 11.2. The zero-order valence-electron chi connectivity index (χ0n) is 14.7. The summed E-state index contributed by atoms with van der Waals surface area (Å²) in [5, 5.41) is 16.3. The number of halogens is 1. The van der Waals surface area contributed by atoms with E-state index in [9.17, 15) is 4.79 Å². The fourth-order valence-electron chi connectivity index (χ4n) is 2.74. The summed E-state index contributed by atoms with van der Waals surface area (Å²) in [7, 11) is 0. The maximum absolute atomic E-state index is 12.5. The highest BCUT2D eigenvalue weighted by Gasteiger charge is 2.36. The summed E-state index contributed by atoms with van der Waals surface area (Å²) in [4.78, 5) is 16.6. The molecule has 1 aromatic heterocycles. The Morgan fingerprint density at radius 2 is 1.96 bits per heavy atom. The molecule has 2 aromatic rings. The van der Waals surface area contributed by atoms with Crippen molar-refractivity contribution < 1.29 is 4.79 Å². The minimum absolute atomic E-state index is 0.0389. The van der Waals surface area contributed by atoms with Crippen molar-refractivity contribution in [1.82, 2.24) is 9.58 Å². The van der Waals surface area contributed by atoms with Gasteiger partial charge >= 0.3 is 0 Å². The van der Waals surface area contributed by atoms with Crippen LogP contribution in [-0.2, 0) is 4.79 Å². The third-order valence-electron chi connectivity index (χ3n) is 4.14. The van der Waals surface area contributed by atoms with Crippen molar-refractivity contribution in [3.05, 3.63) is 58.9 Å². The molecule has 27 heavy (non-hydrogen) atoms. The summed E-state index contributed by atoms with van der Waals surface area (Å²) in [5.74, 6) is -0.180. The van der Waals surface area contributed by atoms with Crippen LogP contribution in [0.1, 0.15) is 19.5 Å². The second-order valence-electron chi connectivity index (χ2n) is 6.39. The van der Waals surface area contributed by atoms with Crippen molar-refractivity contribution >= 4 is 51.4 Å². The van der Waals surface area contributed by atoms with E-state index >= 15 is 0 Å². The molecule has 0 atom stereocenters. The Labute approximate surface area is 165 Å². The van der Waals surface area contributed by atoms with E-state index in [1.807, 2.05) is 61.0 Å². The Morgan fingerprint density at radius 1 is 1.22 bits per heavy atom. The summed E-state index contributed by atoms with van der Waals surface area (Å²) in [5.41, 5.74) is 1.89. The highest BCUT2D eigenvalue weighted by molar-refractivity contribution is 8.27. The number of amidine groups is 2. The van der Waals surface area contributed by atoms with Crippen LogP contribution in [0.2, 0.25) is 5.02 Å². The number of nitrogens with one attached hydrogen (secondary N) is 1. The van der Waals surface area contributed by atoms with E-state index in [0.717, 1.165) is 16.4 Å². The predicted molar refractivity (Wildman–Crippen MR) is 111 cm³/mol. The number of fused-ring (bicyclic) bond motifs is 1. The highest BCUT2D eigenvalue weighted by atomic mass is 35.5. The van der Waals surface area contributed by atoms with Crippen molar-refractivity contribution in [2.45, 2.75) is 13.8 Å². The van der Waals surface area contributed by atoms with Gasteiger partial charge in [-0.15, -0.1) is 0 Å². The van der Waals surface area contributed by atoms with Gasteiger partial charge in [-0.25, -0.2) is 0 Å². The molecular weight excluding hydrogens is 382 g/mol. The number of carbonyl (C=O) groups excluding carboxylic acids is 1. The van der Waals surface area contributed by atoms with Crippen molar-refractivity contribution in [3.8, 4) is 5.69 Å². The number of aliphatic imine (C=N–C) groups is 1. The Bertz CT molecular complexity index is 1030. The van der Waals surface area contributed by atoms with Crippen molar-refractivity contribution in [2.75, 3.05) is 0 Å². The molecule has 4 rings (SSSR count). The van der Waals surface area contributed by atoms with Gasteiger partial charge in [0.25, 0.3) is 5.91 Å². The summed E-state index contributed by atoms with van der Waals surface area (Å²) >= 11 is 7.30. The lowest BCUT2D eigenvalue weighted by atomic mass is 10.1. The normalized spacial score (nSPS) is 18.2. The number of benzene rings is 1. The van der Waals surface area contributed by atoms with Crippen LogP contribution < -0.4 is 0 Å². The first kappa shape index (κ1) is 17.8. The van der Waals surface area contributed by atoms with Gasteiger partial charge in [0.1, 0.15) is 5.04 Å². The first-order valence-corrected chi connectivity index (χ1v) is 9.57. The smallest absolute Gasteiger partial charge is 0.283 e. The minimum Gasteiger partial charge on any atom is -0.317 e. The van der Waals surface area contributed by atoms with E-state index < -0.39 is 5.91 Å². The van der Waals surface area contributed by atoms with E-state index in [1.165, 1.54) is 16.8 Å². The zero-order chi connectivity index (χ0) is 19.1. The van der Waals surface area contributed by atoms with Crippen LogP contribution in [-0.4, -0.2) is 31.5 Å². The SMILES string of the molecule is CC(C)C1=NN2C(=N)/C(=C/c3cccn3-c3ccc(Cl)cc3)C(=O)N=C2S1. The van der Waals surface area contributed by atoms with E-state index in [2.05, 4.69) is 10.1 Å². The van der Waals surface area contributed by atoms with Gasteiger partial charge in [-0.3, -0.25) is 10.2 Å². The van der Waals surface area contributed by atoms with Gasteiger partial charge in [0.15, 0.2) is 5.84 Å². The third-order valence-corrected chi connectivity index (χ3v) is 5.60. The summed E-state index contributed by atoms with van der Waals surface area (Å²) in [6.45, 7) is 4.04. The predicted octanol–water partition coefficient (Wildman–Crippen LogP) is 4.41. The molecule has 8 heteroatoms. The third kappa shape index (κ3) is 3.24. The van der Waals surface area contributed by atoms with Gasteiger partial charge in [-0.2, -0.15) is 15.1 Å². The van der Waals surface area contributed by atoms with E-state index in [1.54, 1.807) is 6.08 Å². The number of amides is 1. The molecule has 1 aromatic carbocycles. The number of nitrogens with zero attached hydrogens (tertiary/aromatic N) is 4. The minimum atomic E-state index is -0.428. The molecule has 0 radical (unpaired) electrons. The molecule has 0 spiro atoms. The molecular formula is C19H16ClN5OS. The number of carbonyl (C=O) groups is 1. The second-order valence-corrected chi connectivity index (χ2v) is 7.82. The van der Waals surface area contributed by atoms with Crippen LogP contribution in [0.3, 0.4) is 0 Å². The maximum Gasteiger partial charge on any atom is 0.283 e. The molecule has 6 nitrogen and oxygen atoms in total. The monoisotopic (exact) mass is 397 g/mol. The zero-order valence-corrected chi connectivity index (χ0v) is 16.3. The number of rotatable bonds is 3. The van der Waals surface area contributed by atoms with E-state index in [-0.39, 0.29) is 17.3 Å². The molecule has 0 bridgehead atoms. The van der Waals surface area contributed by atoms with Gasteiger partial charge in [0.05, 0.1) is 5.57 Å². The van der Waals surface area contributed by atoms with Gasteiger partial charge in [0.2, 0.25) is 5.17 Å². The Kier molecular flexibility index (Phi) is 4.49. The lowest BCUT2D eigenvalue weighted by Crippen LogP contribution is -2.35. The number of aromatic nitrogens is 1. The van der Waals surface area contributed by atoms with Crippen LogP contribution in [0.4, 0.5) is 0 Å². The number of hydrogen-bond donors (Lipinski definition) is 1. The van der Waals surface area contributed by atoms with Gasteiger partial charge < -0.3 is 4.57 Å². The molecule has 2 aliphatic heterocycles. The topological polar surface area (TPSA) is 73.8 Å². The van der Waals surface area contributed by atoms with Crippen LogP contribution in [0.15, 0.2) is 58.3 Å². The molecule has 2 aliphatic rings. The fraction of sp³-hybridized carbons (Fsp3) is 0.158. The van der Waals surface area contributed by atoms with Crippen LogP contribution in [0.25, 0.3) is 11.8 Å². The lowest BCUT2D eigenvalue weighted by molar-refractivity contribution is -0.114. The lowest BCUT2D eigenvalue weighted by Gasteiger charge is -2.20. The molecule has 3 heterocycles. The Hall–Kier alpha value is -2.64. The first-order chi connectivity index (χ1) is 12.9. The molecule has 1 amide bonds. The van der Waals surface area contributed by atoms with Crippen molar-refractivity contribution in [2.24, 2.45) is 16.0 Å². The molecule has 0 fully saturated rings. The van der Waals surface area contributed by atoms with Crippen LogP contribution in [0.5, 0.6) is 0 Å². The van der Waals surface area contributed by atoms with Gasteiger partial charge in [0, 0.05) is 28.5 Å². The molecule has 0 saturated carbocycles. The van der Waals surface area contributed by atoms with Crippen molar-refractivity contribution in [1.29, 1.82) is 5.41 Å². The van der Waals surface area contributed by atoms with Crippen molar-refractivity contribution in [3.63, 3.8) is 0 Å². The van der Waals surface area contributed by atoms with Gasteiger partial charge in [-0.1, -0.05) is 25.4 Å². The Morgan fingerprint density at radius 3 is 2.67 bits per heavy atom. The second kappa shape index (κ2) is 6.83. The summed E-state index contributed by atoms with van der Waals surface area (Å²) in [6.07, 6.45) is 3.56. The maximum atomic E-state index is 12.5. The average molecular weight is 398 g/mol. The fourth-order valence-corrected chi connectivity index (χ4v) is 3.76. The van der Waals surface area contributed by atoms with E-state index in [0.29, 0.717) is 10.2 Å². The molecule has 136 valence electrons. The average Bonchev–Trinajstić information content (AvgIpc) is 3.26. The highest BCUT2D eigenvalue weighted by Crippen LogP contribution is 2.31. The summed E-state index contributed by atoms with van der Waals surface area (Å²) < 4.78 is 1.92. The number of hydrogen-bond acceptors (Lipinski definition) is 4. The van der Waals surface area contributed by atoms with Crippen LogP contribution in [0, 0.1) is 11.3 Å². The number of thioether (sulfide) groups is 1.